The van der Waals surface area contributed by atoms with E-state index in [0.29, 0.717) is 13.2 Å². The first-order valence-corrected chi connectivity index (χ1v) is 6.35. The number of ether oxygens (including phenoxy) is 2. The lowest BCUT2D eigenvalue weighted by Crippen LogP contribution is -2.16. The molecule has 0 fully saturated rings. The Labute approximate surface area is 113 Å². The first-order chi connectivity index (χ1) is 9.40. The minimum atomic E-state index is -0.171. The van der Waals surface area contributed by atoms with Crippen LogP contribution in [0.5, 0.6) is 5.75 Å². The highest BCUT2D eigenvalue weighted by molar-refractivity contribution is 5.24. The normalized spacial score (nSPS) is 12.1. The van der Waals surface area contributed by atoms with Gasteiger partial charge in [0.25, 0.3) is 0 Å². The lowest BCUT2D eigenvalue weighted by Gasteiger charge is -2.19. The second-order valence-electron chi connectivity index (χ2n) is 4.13. The van der Waals surface area contributed by atoms with E-state index in [0.717, 1.165) is 11.3 Å². The molecule has 2 aromatic carbocycles. The lowest BCUT2D eigenvalue weighted by atomic mass is 10.1. The van der Waals surface area contributed by atoms with Gasteiger partial charge in [-0.1, -0.05) is 48.5 Å². The Hall–Kier alpha value is -1.84. The van der Waals surface area contributed by atoms with Crippen molar-refractivity contribution >= 4 is 0 Å². The minimum Gasteiger partial charge on any atom is -0.483 e. The molecular formula is C16H18O3. The Bertz CT molecular complexity index is 456. The van der Waals surface area contributed by atoms with Crippen LogP contribution in [0.2, 0.25) is 0 Å². The zero-order valence-electron chi connectivity index (χ0n) is 10.7. The molecule has 1 N–H and O–H groups in total. The first-order valence-electron chi connectivity index (χ1n) is 6.35. The summed E-state index contributed by atoms with van der Waals surface area (Å²) < 4.78 is 11.3. The Kier molecular flexibility index (Phi) is 5.41. The molecule has 1 atom stereocenters. The molecular weight excluding hydrogens is 240 g/mol. The van der Waals surface area contributed by atoms with Crippen LogP contribution in [0.15, 0.2) is 60.7 Å². The van der Waals surface area contributed by atoms with E-state index in [2.05, 4.69) is 0 Å². The van der Waals surface area contributed by atoms with E-state index >= 15 is 0 Å². The van der Waals surface area contributed by atoms with Crippen molar-refractivity contribution in [3.8, 4) is 5.75 Å². The Morgan fingerprint density at radius 1 is 0.895 bits per heavy atom. The van der Waals surface area contributed by atoms with Gasteiger partial charge in [-0.3, -0.25) is 0 Å². The molecule has 0 bridgehead atoms. The summed E-state index contributed by atoms with van der Waals surface area (Å²) in [5.41, 5.74) is 1.06. The Morgan fingerprint density at radius 3 is 2.16 bits per heavy atom. The van der Waals surface area contributed by atoms with Crippen LogP contribution in [0.25, 0.3) is 0 Å². The fraction of sp³-hybridized carbons (Fsp3) is 0.250. The highest BCUT2D eigenvalue weighted by Gasteiger charge is 2.13. The quantitative estimate of drug-likeness (QED) is 0.776. The van der Waals surface area contributed by atoms with Crippen LogP contribution in [0.3, 0.4) is 0 Å². The molecule has 0 aromatic heterocycles. The van der Waals surface area contributed by atoms with Gasteiger partial charge in [-0.25, -0.2) is 0 Å². The molecule has 2 rings (SSSR count). The molecule has 100 valence electrons. The standard InChI is InChI=1S/C16H18O3/c17-11-12-18-13-16(14-7-3-1-4-8-14)19-15-9-5-2-6-10-15/h1-10,16-17H,11-13H2. The fourth-order valence-corrected chi connectivity index (χ4v) is 1.78. The van der Waals surface area contributed by atoms with Crippen molar-refractivity contribution in [3.05, 3.63) is 66.2 Å². The van der Waals surface area contributed by atoms with Crippen LogP contribution < -0.4 is 4.74 Å². The average molecular weight is 258 g/mol. The maximum absolute atomic E-state index is 8.77. The van der Waals surface area contributed by atoms with Crippen molar-refractivity contribution < 1.29 is 14.6 Å². The molecule has 3 nitrogen and oxygen atoms in total. The summed E-state index contributed by atoms with van der Waals surface area (Å²) in [4.78, 5) is 0. The summed E-state index contributed by atoms with van der Waals surface area (Å²) in [7, 11) is 0. The number of rotatable bonds is 7. The summed E-state index contributed by atoms with van der Waals surface area (Å²) in [6, 6.07) is 19.6. The number of aliphatic hydroxyl groups excluding tert-OH is 1. The van der Waals surface area contributed by atoms with Crippen LogP contribution in [-0.4, -0.2) is 24.9 Å². The second-order valence-corrected chi connectivity index (χ2v) is 4.13. The van der Waals surface area contributed by atoms with E-state index in [9.17, 15) is 0 Å². The SMILES string of the molecule is OCCOCC(Oc1ccccc1)c1ccccc1. The summed E-state index contributed by atoms with van der Waals surface area (Å²) in [6.07, 6.45) is -0.171. The molecule has 2 aromatic rings. The molecule has 3 heteroatoms. The third kappa shape index (κ3) is 4.39. The van der Waals surface area contributed by atoms with Crippen molar-refractivity contribution in [2.45, 2.75) is 6.10 Å². The van der Waals surface area contributed by atoms with E-state index < -0.39 is 0 Å². The zero-order chi connectivity index (χ0) is 13.3. The minimum absolute atomic E-state index is 0.0207. The summed E-state index contributed by atoms with van der Waals surface area (Å²) in [5.74, 6) is 0.809. The Morgan fingerprint density at radius 2 is 1.53 bits per heavy atom. The highest BCUT2D eigenvalue weighted by atomic mass is 16.5. The predicted octanol–water partition coefficient (Wildman–Crippen LogP) is 2.82. The zero-order valence-corrected chi connectivity index (χ0v) is 10.7. The van der Waals surface area contributed by atoms with Gasteiger partial charge in [0.1, 0.15) is 11.9 Å². The molecule has 0 saturated heterocycles. The van der Waals surface area contributed by atoms with E-state index in [1.807, 2.05) is 60.7 Å². The molecule has 19 heavy (non-hydrogen) atoms. The number of hydrogen-bond acceptors (Lipinski definition) is 3. The van der Waals surface area contributed by atoms with Crippen LogP contribution in [-0.2, 0) is 4.74 Å². The first kappa shape index (κ1) is 13.6. The third-order valence-electron chi connectivity index (χ3n) is 2.70. The van der Waals surface area contributed by atoms with Crippen molar-refractivity contribution in [3.63, 3.8) is 0 Å². The van der Waals surface area contributed by atoms with Gasteiger partial charge in [-0.15, -0.1) is 0 Å². The molecule has 0 radical (unpaired) electrons. The van der Waals surface area contributed by atoms with Crippen LogP contribution in [0, 0.1) is 0 Å². The van der Waals surface area contributed by atoms with Gasteiger partial charge in [0.15, 0.2) is 0 Å². The van der Waals surface area contributed by atoms with Crippen LogP contribution >= 0.6 is 0 Å². The fourth-order valence-electron chi connectivity index (χ4n) is 1.78. The van der Waals surface area contributed by atoms with Gasteiger partial charge in [0.2, 0.25) is 0 Å². The topological polar surface area (TPSA) is 38.7 Å². The summed E-state index contributed by atoms with van der Waals surface area (Å²) >= 11 is 0. The number of hydrogen-bond donors (Lipinski definition) is 1. The summed E-state index contributed by atoms with van der Waals surface area (Å²) in [6.45, 7) is 0.758. The number of para-hydroxylation sites is 1. The van der Waals surface area contributed by atoms with Crippen LogP contribution in [0.1, 0.15) is 11.7 Å². The predicted molar refractivity (Wildman–Crippen MR) is 74.2 cm³/mol. The van der Waals surface area contributed by atoms with Gasteiger partial charge in [-0.05, 0) is 17.7 Å². The Balaban J connectivity index is 2.06. The number of aliphatic hydroxyl groups is 1. The highest BCUT2D eigenvalue weighted by Crippen LogP contribution is 2.21. The smallest absolute Gasteiger partial charge is 0.147 e. The van der Waals surface area contributed by atoms with Crippen molar-refractivity contribution in [2.24, 2.45) is 0 Å². The molecule has 0 heterocycles. The molecule has 0 aliphatic carbocycles. The van der Waals surface area contributed by atoms with E-state index in [1.54, 1.807) is 0 Å². The summed E-state index contributed by atoms with van der Waals surface area (Å²) in [5, 5.41) is 8.77. The molecule has 0 saturated carbocycles. The van der Waals surface area contributed by atoms with Crippen molar-refractivity contribution in [1.82, 2.24) is 0 Å². The van der Waals surface area contributed by atoms with Crippen LogP contribution in [0.4, 0.5) is 0 Å². The van der Waals surface area contributed by atoms with Gasteiger partial charge >= 0.3 is 0 Å². The van der Waals surface area contributed by atoms with Gasteiger partial charge in [-0.2, -0.15) is 0 Å². The number of benzene rings is 2. The maximum atomic E-state index is 8.77. The second kappa shape index (κ2) is 7.56. The van der Waals surface area contributed by atoms with Gasteiger partial charge in [0, 0.05) is 0 Å². The van der Waals surface area contributed by atoms with E-state index in [-0.39, 0.29) is 12.7 Å². The third-order valence-corrected chi connectivity index (χ3v) is 2.70. The molecule has 1 unspecified atom stereocenters. The molecule has 0 aliphatic heterocycles. The van der Waals surface area contributed by atoms with E-state index in [1.165, 1.54) is 0 Å². The van der Waals surface area contributed by atoms with Crippen molar-refractivity contribution in [2.75, 3.05) is 19.8 Å². The maximum Gasteiger partial charge on any atom is 0.147 e. The van der Waals surface area contributed by atoms with Gasteiger partial charge < -0.3 is 14.6 Å². The molecule has 0 spiro atoms. The largest absolute Gasteiger partial charge is 0.483 e. The van der Waals surface area contributed by atoms with Crippen molar-refractivity contribution in [1.29, 1.82) is 0 Å². The monoisotopic (exact) mass is 258 g/mol. The lowest BCUT2D eigenvalue weighted by molar-refractivity contribution is 0.0315. The molecule has 0 aliphatic rings. The van der Waals surface area contributed by atoms with Gasteiger partial charge in [0.05, 0.1) is 19.8 Å². The average Bonchev–Trinajstić information content (AvgIpc) is 2.48. The van der Waals surface area contributed by atoms with E-state index in [4.69, 9.17) is 14.6 Å². The molecule has 0 amide bonds.